The summed E-state index contributed by atoms with van der Waals surface area (Å²) >= 11 is 0. The van der Waals surface area contributed by atoms with Crippen LogP contribution in [0, 0.1) is 17.5 Å². The van der Waals surface area contributed by atoms with Crippen LogP contribution in [0.1, 0.15) is 37.2 Å². The molecule has 134 valence electrons. The largest absolute Gasteiger partial charge is 0.370 e. The second-order valence-corrected chi connectivity index (χ2v) is 5.57. The quantitative estimate of drug-likeness (QED) is 0.753. The maximum Gasteiger partial charge on any atom is 0.274 e. The molecule has 0 aliphatic carbocycles. The molecule has 1 aromatic carbocycles. The van der Waals surface area contributed by atoms with E-state index in [1.54, 1.807) is 12.3 Å². The SMILES string of the molecule is CCCN(CCC)c1ccc(C(=O)Nc2ccc(F)c(F)c2F)nc1. The van der Waals surface area contributed by atoms with Gasteiger partial charge in [0.05, 0.1) is 17.6 Å². The van der Waals surface area contributed by atoms with Gasteiger partial charge in [-0.25, -0.2) is 18.2 Å². The number of aromatic nitrogens is 1. The van der Waals surface area contributed by atoms with E-state index < -0.39 is 29.0 Å². The molecule has 4 nitrogen and oxygen atoms in total. The zero-order chi connectivity index (χ0) is 18.4. The summed E-state index contributed by atoms with van der Waals surface area (Å²) in [6, 6.07) is 4.98. The van der Waals surface area contributed by atoms with Gasteiger partial charge in [0.15, 0.2) is 17.5 Å². The van der Waals surface area contributed by atoms with Crippen molar-refractivity contribution in [2.24, 2.45) is 0 Å². The molecule has 0 unspecified atom stereocenters. The highest BCUT2D eigenvalue weighted by atomic mass is 19.2. The standard InChI is InChI=1S/C18H20F3N3O/c1-3-9-24(10-4-2)12-5-7-15(22-11-12)18(25)23-14-8-6-13(19)16(20)17(14)21/h5-8,11H,3-4,9-10H2,1-2H3,(H,23,25). The normalized spacial score (nSPS) is 10.6. The van der Waals surface area contributed by atoms with E-state index >= 15 is 0 Å². The summed E-state index contributed by atoms with van der Waals surface area (Å²) in [7, 11) is 0. The molecule has 1 amide bonds. The molecular weight excluding hydrogens is 331 g/mol. The molecule has 0 radical (unpaired) electrons. The summed E-state index contributed by atoms with van der Waals surface area (Å²) in [4.78, 5) is 18.4. The average molecular weight is 351 g/mol. The van der Waals surface area contributed by atoms with Crippen molar-refractivity contribution in [1.82, 2.24) is 4.98 Å². The van der Waals surface area contributed by atoms with E-state index in [0.717, 1.165) is 43.8 Å². The maximum absolute atomic E-state index is 13.6. The Balaban J connectivity index is 2.14. The Morgan fingerprint density at radius 3 is 2.28 bits per heavy atom. The van der Waals surface area contributed by atoms with Gasteiger partial charge in [-0.2, -0.15) is 0 Å². The van der Waals surface area contributed by atoms with Crippen molar-refractivity contribution >= 4 is 17.3 Å². The van der Waals surface area contributed by atoms with E-state index in [0.29, 0.717) is 0 Å². The fraction of sp³-hybridized carbons (Fsp3) is 0.333. The van der Waals surface area contributed by atoms with Crippen molar-refractivity contribution in [3.8, 4) is 0 Å². The van der Waals surface area contributed by atoms with Gasteiger partial charge in [-0.05, 0) is 37.1 Å². The smallest absolute Gasteiger partial charge is 0.274 e. The zero-order valence-corrected chi connectivity index (χ0v) is 14.2. The molecule has 2 aromatic rings. The van der Waals surface area contributed by atoms with Crippen LogP contribution in [0.4, 0.5) is 24.5 Å². The van der Waals surface area contributed by atoms with Gasteiger partial charge in [-0.15, -0.1) is 0 Å². The zero-order valence-electron chi connectivity index (χ0n) is 14.2. The maximum atomic E-state index is 13.6. The summed E-state index contributed by atoms with van der Waals surface area (Å²) < 4.78 is 39.8. The van der Waals surface area contributed by atoms with Crippen LogP contribution in [-0.2, 0) is 0 Å². The van der Waals surface area contributed by atoms with Gasteiger partial charge in [0, 0.05) is 13.1 Å². The molecule has 0 aliphatic heterocycles. The van der Waals surface area contributed by atoms with Crippen LogP contribution in [0.2, 0.25) is 0 Å². The number of pyridine rings is 1. The van der Waals surface area contributed by atoms with Crippen LogP contribution in [0.25, 0.3) is 0 Å². The molecular formula is C18H20F3N3O. The predicted molar refractivity (Wildman–Crippen MR) is 91.3 cm³/mol. The Labute approximate surface area is 144 Å². The first-order valence-corrected chi connectivity index (χ1v) is 8.13. The lowest BCUT2D eigenvalue weighted by molar-refractivity contribution is 0.102. The van der Waals surface area contributed by atoms with Gasteiger partial charge in [0.2, 0.25) is 0 Å². The molecule has 0 aliphatic rings. The Morgan fingerprint density at radius 2 is 1.72 bits per heavy atom. The number of hydrogen-bond acceptors (Lipinski definition) is 3. The summed E-state index contributed by atoms with van der Waals surface area (Å²) in [5.41, 5.74) is 0.508. The second kappa shape index (κ2) is 8.50. The second-order valence-electron chi connectivity index (χ2n) is 5.57. The van der Waals surface area contributed by atoms with Crippen molar-refractivity contribution in [3.05, 3.63) is 53.6 Å². The van der Waals surface area contributed by atoms with Gasteiger partial charge >= 0.3 is 0 Å². The molecule has 0 fully saturated rings. The molecule has 1 aromatic heterocycles. The van der Waals surface area contributed by atoms with Gasteiger partial charge in [-0.1, -0.05) is 13.8 Å². The highest BCUT2D eigenvalue weighted by Gasteiger charge is 2.17. The first kappa shape index (κ1) is 18.8. The van der Waals surface area contributed by atoms with Gasteiger partial charge in [0.25, 0.3) is 5.91 Å². The number of amides is 1. The topological polar surface area (TPSA) is 45.2 Å². The molecule has 1 N–H and O–H groups in total. The summed E-state index contributed by atoms with van der Waals surface area (Å²) in [6.45, 7) is 5.91. The molecule has 7 heteroatoms. The number of hydrogen-bond donors (Lipinski definition) is 1. The molecule has 0 saturated carbocycles. The third kappa shape index (κ3) is 4.49. The molecule has 1 heterocycles. The van der Waals surface area contributed by atoms with Gasteiger partial charge in [0.1, 0.15) is 5.69 Å². The highest BCUT2D eigenvalue weighted by Crippen LogP contribution is 2.20. The minimum Gasteiger partial charge on any atom is -0.370 e. The number of halogens is 3. The number of benzene rings is 1. The Kier molecular flexibility index (Phi) is 6.38. The monoisotopic (exact) mass is 351 g/mol. The van der Waals surface area contributed by atoms with Crippen LogP contribution in [0.3, 0.4) is 0 Å². The lowest BCUT2D eigenvalue weighted by Crippen LogP contribution is -2.25. The van der Waals surface area contributed by atoms with Crippen LogP contribution < -0.4 is 10.2 Å². The Hall–Kier alpha value is -2.57. The number of nitrogens with zero attached hydrogens (tertiary/aromatic N) is 2. The molecule has 25 heavy (non-hydrogen) atoms. The summed E-state index contributed by atoms with van der Waals surface area (Å²) in [5.74, 6) is -5.09. The van der Waals surface area contributed by atoms with E-state index in [9.17, 15) is 18.0 Å². The molecule has 2 rings (SSSR count). The lowest BCUT2D eigenvalue weighted by atomic mass is 10.2. The van der Waals surface area contributed by atoms with Crippen LogP contribution in [0.5, 0.6) is 0 Å². The third-order valence-electron chi connectivity index (χ3n) is 3.62. The summed E-state index contributed by atoms with van der Waals surface area (Å²) in [5, 5.41) is 2.20. The van der Waals surface area contributed by atoms with E-state index in [1.165, 1.54) is 6.07 Å². The number of rotatable bonds is 7. The molecule has 0 saturated heterocycles. The van der Waals surface area contributed by atoms with E-state index in [4.69, 9.17) is 0 Å². The fourth-order valence-corrected chi connectivity index (χ4v) is 2.43. The van der Waals surface area contributed by atoms with Crippen molar-refractivity contribution in [1.29, 1.82) is 0 Å². The number of carbonyl (C=O) groups is 1. The van der Waals surface area contributed by atoms with E-state index in [2.05, 4.69) is 29.0 Å². The molecule has 0 atom stereocenters. The summed E-state index contributed by atoms with van der Waals surface area (Å²) in [6.07, 6.45) is 3.54. The first-order chi connectivity index (χ1) is 12.0. The van der Waals surface area contributed by atoms with Crippen LogP contribution in [0.15, 0.2) is 30.5 Å². The van der Waals surface area contributed by atoms with Gasteiger partial charge in [-0.3, -0.25) is 4.79 Å². The van der Waals surface area contributed by atoms with Crippen molar-refractivity contribution in [3.63, 3.8) is 0 Å². The molecule has 0 spiro atoms. The predicted octanol–water partition coefficient (Wildman–Crippen LogP) is 4.38. The van der Waals surface area contributed by atoms with E-state index in [1.807, 2.05) is 0 Å². The minimum absolute atomic E-state index is 0.0563. The minimum atomic E-state index is -1.63. The number of carbonyl (C=O) groups excluding carboxylic acids is 1. The van der Waals surface area contributed by atoms with Crippen LogP contribution in [-0.4, -0.2) is 24.0 Å². The molecule has 0 bridgehead atoms. The third-order valence-corrected chi connectivity index (χ3v) is 3.62. The Bertz CT molecular complexity index is 729. The van der Waals surface area contributed by atoms with Crippen molar-refractivity contribution in [2.45, 2.75) is 26.7 Å². The number of nitrogens with one attached hydrogen (secondary N) is 1. The van der Waals surface area contributed by atoms with Gasteiger partial charge < -0.3 is 10.2 Å². The van der Waals surface area contributed by atoms with Crippen LogP contribution >= 0.6 is 0 Å². The Morgan fingerprint density at radius 1 is 1.04 bits per heavy atom. The first-order valence-electron chi connectivity index (χ1n) is 8.13. The van der Waals surface area contributed by atoms with Crippen molar-refractivity contribution in [2.75, 3.05) is 23.3 Å². The highest BCUT2D eigenvalue weighted by molar-refractivity contribution is 6.03. The van der Waals surface area contributed by atoms with Crippen molar-refractivity contribution < 1.29 is 18.0 Å². The average Bonchev–Trinajstić information content (AvgIpc) is 2.62. The number of anilines is 2. The lowest BCUT2D eigenvalue weighted by Gasteiger charge is -2.23. The van der Waals surface area contributed by atoms with E-state index in [-0.39, 0.29) is 5.69 Å². The fourth-order valence-electron chi connectivity index (χ4n) is 2.43.